The summed E-state index contributed by atoms with van der Waals surface area (Å²) in [6.07, 6.45) is -3.25. The van der Waals surface area contributed by atoms with E-state index in [4.69, 9.17) is 24.7 Å². The number of aryl methyl sites for hydroxylation is 2. The van der Waals surface area contributed by atoms with E-state index in [2.05, 4.69) is 9.97 Å². The number of carboxylic acid groups (broad SMARTS) is 1. The number of benzene rings is 2. The van der Waals surface area contributed by atoms with Gasteiger partial charge in [0.2, 0.25) is 5.89 Å². The molecule has 0 fully saturated rings. The van der Waals surface area contributed by atoms with Gasteiger partial charge in [-0.15, -0.1) is 0 Å². The molecule has 12 heteroatoms. The Morgan fingerprint density at radius 3 is 2.39 bits per heavy atom. The Kier molecular flexibility index (Phi) is 10.0. The number of hydrogen-bond donors (Lipinski definition) is 2. The Hall–Kier alpha value is -4.71. The predicted molar refractivity (Wildman–Crippen MR) is 155 cm³/mol. The molecule has 2 heterocycles. The molecule has 2 aromatic heterocycles. The van der Waals surface area contributed by atoms with Crippen LogP contribution in [0.4, 0.5) is 13.2 Å². The zero-order chi connectivity index (χ0) is 32.0. The maximum atomic E-state index is 13.1. The van der Waals surface area contributed by atoms with Crippen LogP contribution in [-0.2, 0) is 33.3 Å². The fourth-order valence-corrected chi connectivity index (χ4v) is 4.45. The van der Waals surface area contributed by atoms with Crippen LogP contribution in [0.3, 0.4) is 0 Å². The first-order valence-corrected chi connectivity index (χ1v) is 13.9. The third kappa shape index (κ3) is 8.22. The van der Waals surface area contributed by atoms with Gasteiger partial charge < -0.3 is 24.7 Å². The van der Waals surface area contributed by atoms with E-state index in [0.29, 0.717) is 51.8 Å². The number of carbonyl (C=O) groups is 2. The van der Waals surface area contributed by atoms with Gasteiger partial charge in [0, 0.05) is 30.2 Å². The van der Waals surface area contributed by atoms with Crippen molar-refractivity contribution in [1.29, 1.82) is 0 Å². The number of carbonyl (C=O) groups excluding carboxylic acids is 1. The number of alkyl halides is 3. The molecule has 1 unspecified atom stereocenters. The fraction of sp³-hybridized carbons (Fsp3) is 0.312. The molecule has 0 radical (unpaired) electrons. The number of aromatic nitrogens is 2. The van der Waals surface area contributed by atoms with E-state index in [1.54, 1.807) is 63.2 Å². The highest BCUT2D eigenvalue weighted by Gasteiger charge is 2.30. The van der Waals surface area contributed by atoms with Crippen molar-refractivity contribution in [3.63, 3.8) is 0 Å². The molecule has 9 nitrogen and oxygen atoms in total. The minimum Gasteiger partial charge on any atom is -0.493 e. The Morgan fingerprint density at radius 1 is 1.02 bits per heavy atom. The molecule has 4 aromatic rings. The van der Waals surface area contributed by atoms with Gasteiger partial charge in [0.15, 0.2) is 0 Å². The van der Waals surface area contributed by atoms with E-state index in [1.165, 1.54) is 0 Å². The number of rotatable bonds is 12. The van der Waals surface area contributed by atoms with Crippen LogP contribution in [-0.4, -0.2) is 39.7 Å². The number of pyridine rings is 1. The lowest BCUT2D eigenvalue weighted by Gasteiger charge is -2.18. The van der Waals surface area contributed by atoms with Gasteiger partial charge >= 0.3 is 18.1 Å². The maximum absolute atomic E-state index is 13.1. The lowest BCUT2D eigenvalue weighted by molar-refractivity contribution is -0.149. The summed E-state index contributed by atoms with van der Waals surface area (Å²) in [7, 11) is 0. The van der Waals surface area contributed by atoms with Gasteiger partial charge in [-0.2, -0.15) is 13.2 Å². The summed E-state index contributed by atoms with van der Waals surface area (Å²) >= 11 is 0. The van der Waals surface area contributed by atoms with Gasteiger partial charge in [0.05, 0.1) is 29.7 Å². The van der Waals surface area contributed by atoms with Crippen LogP contribution in [0.25, 0.3) is 22.7 Å². The minimum absolute atomic E-state index is 0.127. The number of nitrogens with zero attached hydrogens (tertiary/aromatic N) is 2. The molecule has 0 saturated heterocycles. The van der Waals surface area contributed by atoms with Crippen LogP contribution < -0.4 is 10.5 Å². The zero-order valence-electron chi connectivity index (χ0n) is 24.4. The largest absolute Gasteiger partial charge is 0.493 e. The van der Waals surface area contributed by atoms with Crippen molar-refractivity contribution in [2.24, 2.45) is 5.73 Å². The summed E-state index contributed by atoms with van der Waals surface area (Å²) in [5.74, 6) is -0.234. The molecule has 2 aromatic carbocycles. The Balaban J connectivity index is 1.44. The second-order valence-corrected chi connectivity index (χ2v) is 10.3. The second-order valence-electron chi connectivity index (χ2n) is 10.3. The highest BCUT2D eigenvalue weighted by molar-refractivity contribution is 5.78. The highest BCUT2D eigenvalue weighted by Crippen LogP contribution is 2.32. The Bertz CT molecular complexity index is 1620. The topological polar surface area (TPSA) is 138 Å². The molecule has 0 bridgehead atoms. The van der Waals surface area contributed by atoms with Crippen LogP contribution in [0.1, 0.15) is 54.5 Å². The van der Waals surface area contributed by atoms with Gasteiger partial charge in [-0.05, 0) is 74.7 Å². The van der Waals surface area contributed by atoms with Crippen LogP contribution in [0.2, 0.25) is 0 Å². The number of aliphatic carboxylic acids is 1. The molecule has 0 aliphatic rings. The van der Waals surface area contributed by atoms with Crippen molar-refractivity contribution in [2.45, 2.75) is 58.4 Å². The number of carboxylic acids is 1. The molecular weight excluding hydrogens is 579 g/mol. The van der Waals surface area contributed by atoms with Crippen LogP contribution in [0.15, 0.2) is 65.2 Å². The van der Waals surface area contributed by atoms with Crippen molar-refractivity contribution >= 4 is 11.9 Å². The monoisotopic (exact) mass is 611 g/mol. The first-order valence-electron chi connectivity index (χ1n) is 13.9. The summed E-state index contributed by atoms with van der Waals surface area (Å²) in [5, 5.41) is 9.10. The van der Waals surface area contributed by atoms with Crippen molar-refractivity contribution in [3.8, 4) is 28.5 Å². The molecule has 0 amide bonds. The van der Waals surface area contributed by atoms with E-state index in [-0.39, 0.29) is 31.2 Å². The van der Waals surface area contributed by atoms with Gasteiger partial charge in [0.1, 0.15) is 17.6 Å². The van der Waals surface area contributed by atoms with E-state index >= 15 is 0 Å². The number of oxazole rings is 1. The van der Waals surface area contributed by atoms with Crippen molar-refractivity contribution < 1.29 is 41.8 Å². The second kappa shape index (κ2) is 13.7. The van der Waals surface area contributed by atoms with Gasteiger partial charge in [0.25, 0.3) is 0 Å². The molecule has 1 atom stereocenters. The molecule has 0 aliphatic carbocycles. The summed E-state index contributed by atoms with van der Waals surface area (Å²) < 4.78 is 56.2. The van der Waals surface area contributed by atoms with E-state index < -0.39 is 29.7 Å². The number of halogens is 3. The number of esters is 1. The smallest absolute Gasteiger partial charge is 0.416 e. The van der Waals surface area contributed by atoms with E-state index in [0.717, 1.165) is 18.3 Å². The quantitative estimate of drug-likeness (QED) is 0.176. The maximum Gasteiger partial charge on any atom is 0.416 e. The fourth-order valence-electron chi connectivity index (χ4n) is 4.45. The lowest BCUT2D eigenvalue weighted by Crippen LogP contribution is -2.27. The number of nitrogens with two attached hydrogens (primary N) is 1. The molecular formula is C32H32F3N3O6. The average molecular weight is 612 g/mol. The first-order chi connectivity index (χ1) is 20.8. The molecule has 0 saturated carbocycles. The molecule has 0 aliphatic heterocycles. The SMILES string of the molecule is Cc1oc(-c2ccc(-c3cc(C(F)(F)F)ccn3)cc2)nc1CCOc1ccc(CCC(=O)O)c(C(N)C(=O)OC(C)C)c1. The molecule has 4 rings (SSSR count). The summed E-state index contributed by atoms with van der Waals surface area (Å²) in [6, 6.07) is 12.5. The van der Waals surface area contributed by atoms with Crippen LogP contribution >= 0.6 is 0 Å². The van der Waals surface area contributed by atoms with Crippen LogP contribution in [0, 0.1) is 6.92 Å². The van der Waals surface area contributed by atoms with Gasteiger partial charge in [-0.1, -0.05) is 18.2 Å². The Morgan fingerprint density at radius 2 is 1.73 bits per heavy atom. The predicted octanol–water partition coefficient (Wildman–Crippen LogP) is 6.32. The first kappa shape index (κ1) is 32.2. The van der Waals surface area contributed by atoms with Gasteiger partial charge in [-0.3, -0.25) is 9.78 Å². The highest BCUT2D eigenvalue weighted by atomic mass is 19.4. The molecule has 232 valence electrons. The van der Waals surface area contributed by atoms with Crippen molar-refractivity contribution in [1.82, 2.24) is 9.97 Å². The summed E-state index contributed by atoms with van der Waals surface area (Å²) in [6.45, 7) is 5.40. The zero-order valence-corrected chi connectivity index (χ0v) is 24.4. The third-order valence-corrected chi connectivity index (χ3v) is 6.68. The van der Waals surface area contributed by atoms with E-state index in [1.807, 2.05) is 0 Å². The average Bonchev–Trinajstić information content (AvgIpc) is 3.35. The van der Waals surface area contributed by atoms with Crippen LogP contribution in [0.5, 0.6) is 5.75 Å². The van der Waals surface area contributed by atoms with Gasteiger partial charge in [-0.25, -0.2) is 9.78 Å². The third-order valence-electron chi connectivity index (χ3n) is 6.68. The lowest BCUT2D eigenvalue weighted by atomic mass is 9.97. The summed E-state index contributed by atoms with van der Waals surface area (Å²) in [5.41, 5.74) is 8.45. The molecule has 3 N–H and O–H groups in total. The van der Waals surface area contributed by atoms with E-state index in [9.17, 15) is 22.8 Å². The number of ether oxygens (including phenoxy) is 2. The number of hydrogen-bond acceptors (Lipinski definition) is 8. The molecule has 44 heavy (non-hydrogen) atoms. The summed E-state index contributed by atoms with van der Waals surface area (Å²) in [4.78, 5) is 32.2. The van der Waals surface area contributed by atoms with Crippen molar-refractivity contribution in [3.05, 3.63) is 88.9 Å². The Labute approximate surface area is 251 Å². The van der Waals surface area contributed by atoms with Crippen molar-refractivity contribution in [2.75, 3.05) is 6.61 Å². The standard InChI is InChI=1S/C32H32F3N3O6/c1-18(2)43-31(41)29(36)25-17-24(10-8-20(25)9-11-28(39)40)42-15-13-26-19(3)44-30(38-26)22-6-4-21(5-7-22)27-16-23(12-14-37-27)32(33,34)35/h4-8,10,12,14,16-18,29H,9,11,13,15,36H2,1-3H3,(H,39,40). The minimum atomic E-state index is -4.46. The normalized spacial score (nSPS) is 12.3. The molecule has 0 spiro atoms.